The molecule has 2 fully saturated rings. The van der Waals surface area contributed by atoms with Crippen molar-refractivity contribution in [1.82, 2.24) is 9.97 Å². The van der Waals surface area contributed by atoms with Gasteiger partial charge in [0.2, 0.25) is 0 Å². The van der Waals surface area contributed by atoms with Crippen molar-refractivity contribution < 1.29 is 4.74 Å². The van der Waals surface area contributed by atoms with Crippen LogP contribution in [0, 0.1) is 5.92 Å². The van der Waals surface area contributed by atoms with Crippen molar-refractivity contribution in [2.24, 2.45) is 5.92 Å². The number of benzene rings is 1. The number of anilines is 1. The van der Waals surface area contributed by atoms with Crippen molar-refractivity contribution in [3.05, 3.63) is 30.5 Å². The largest absolute Gasteiger partial charge is 0.378 e. The highest BCUT2D eigenvalue weighted by atomic mass is 16.5. The Kier molecular flexibility index (Phi) is 2.23. The first-order valence-corrected chi connectivity index (χ1v) is 6.50. The molecule has 1 aromatic carbocycles. The van der Waals surface area contributed by atoms with E-state index < -0.39 is 0 Å². The van der Waals surface area contributed by atoms with Gasteiger partial charge in [0.05, 0.1) is 23.3 Å². The molecule has 2 heterocycles. The summed E-state index contributed by atoms with van der Waals surface area (Å²) in [5, 5.41) is 3.49. The molecule has 0 unspecified atom stereocenters. The predicted octanol–water partition coefficient (Wildman–Crippen LogP) is 2.22. The van der Waals surface area contributed by atoms with Crippen LogP contribution in [-0.4, -0.2) is 28.7 Å². The normalized spacial score (nSPS) is 29.9. The van der Waals surface area contributed by atoms with E-state index in [-0.39, 0.29) is 0 Å². The zero-order chi connectivity index (χ0) is 11.9. The van der Waals surface area contributed by atoms with Gasteiger partial charge >= 0.3 is 0 Å². The summed E-state index contributed by atoms with van der Waals surface area (Å²) in [6, 6.07) is 8.46. The minimum absolute atomic E-state index is 0.482. The molecule has 2 aliphatic rings. The average molecular weight is 241 g/mol. The molecule has 0 amide bonds. The van der Waals surface area contributed by atoms with Crippen LogP contribution < -0.4 is 5.32 Å². The lowest BCUT2D eigenvalue weighted by Gasteiger charge is -2.39. The molecule has 18 heavy (non-hydrogen) atoms. The first-order chi connectivity index (χ1) is 8.90. The Morgan fingerprint density at radius 1 is 1.22 bits per heavy atom. The van der Waals surface area contributed by atoms with Crippen LogP contribution >= 0.6 is 0 Å². The molecule has 1 aliphatic carbocycles. The number of para-hydroxylation sites is 2. The molecule has 92 valence electrons. The lowest BCUT2D eigenvalue weighted by atomic mass is 9.76. The van der Waals surface area contributed by atoms with E-state index in [1.165, 1.54) is 6.42 Å². The quantitative estimate of drug-likeness (QED) is 0.875. The fourth-order valence-corrected chi connectivity index (χ4v) is 2.98. The fourth-order valence-electron chi connectivity index (χ4n) is 2.98. The molecule has 1 saturated carbocycles. The maximum absolute atomic E-state index is 5.61. The van der Waals surface area contributed by atoms with Gasteiger partial charge in [0.15, 0.2) is 0 Å². The topological polar surface area (TPSA) is 47.0 Å². The van der Waals surface area contributed by atoms with E-state index in [4.69, 9.17) is 4.74 Å². The maximum atomic E-state index is 5.61. The molecule has 0 spiro atoms. The first kappa shape index (κ1) is 10.3. The van der Waals surface area contributed by atoms with Gasteiger partial charge in [-0.2, -0.15) is 0 Å². The second-order valence-corrected chi connectivity index (χ2v) is 5.09. The number of fused-ring (bicyclic) bond motifs is 2. The standard InChI is InChI=1S/C14H15N3O/c1-2-4-11-10(3-1)15-8-14(16-11)17-12-7-13-9(12)5-6-18-13/h1-4,8-9,12-13H,5-7H2,(H,16,17)/t9-,12+,13+/m1/s1. The number of ether oxygens (including phenoxy) is 1. The molecule has 3 atom stereocenters. The third-order valence-electron chi connectivity index (χ3n) is 4.05. The molecule has 1 aliphatic heterocycles. The highest BCUT2D eigenvalue weighted by Gasteiger charge is 2.45. The van der Waals surface area contributed by atoms with Gasteiger partial charge < -0.3 is 10.1 Å². The van der Waals surface area contributed by atoms with Crippen LogP contribution in [0.4, 0.5) is 5.82 Å². The Bertz CT molecular complexity index is 586. The molecular weight excluding hydrogens is 226 g/mol. The highest BCUT2D eigenvalue weighted by molar-refractivity contribution is 5.75. The number of hydrogen-bond donors (Lipinski definition) is 1. The Labute approximate surface area is 105 Å². The third kappa shape index (κ3) is 1.56. The van der Waals surface area contributed by atoms with Crippen molar-refractivity contribution in [2.75, 3.05) is 11.9 Å². The first-order valence-electron chi connectivity index (χ1n) is 6.50. The third-order valence-corrected chi connectivity index (χ3v) is 4.05. The SMILES string of the molecule is c1ccc2nc(N[C@H]3C[C@@H]4OCC[C@H]34)cnc2c1. The lowest BCUT2D eigenvalue weighted by Crippen LogP contribution is -2.47. The minimum atomic E-state index is 0.482. The summed E-state index contributed by atoms with van der Waals surface area (Å²) in [5.41, 5.74) is 1.89. The maximum Gasteiger partial charge on any atom is 0.145 e. The second-order valence-electron chi connectivity index (χ2n) is 5.09. The summed E-state index contributed by atoms with van der Waals surface area (Å²) in [6.07, 6.45) is 4.57. The number of nitrogens with one attached hydrogen (secondary N) is 1. The van der Waals surface area contributed by atoms with E-state index in [1.807, 2.05) is 30.5 Å². The molecule has 4 nitrogen and oxygen atoms in total. The number of nitrogens with zero attached hydrogens (tertiary/aromatic N) is 2. The van der Waals surface area contributed by atoms with Crippen LogP contribution in [0.5, 0.6) is 0 Å². The van der Waals surface area contributed by atoms with E-state index in [0.29, 0.717) is 18.1 Å². The van der Waals surface area contributed by atoms with Gasteiger partial charge in [-0.05, 0) is 25.0 Å². The molecule has 1 aromatic heterocycles. The number of hydrogen-bond acceptors (Lipinski definition) is 4. The van der Waals surface area contributed by atoms with Gasteiger partial charge in [-0.25, -0.2) is 4.98 Å². The van der Waals surface area contributed by atoms with Crippen LogP contribution in [0.15, 0.2) is 30.5 Å². The van der Waals surface area contributed by atoms with E-state index in [0.717, 1.165) is 29.9 Å². The summed E-state index contributed by atoms with van der Waals surface area (Å²) >= 11 is 0. The van der Waals surface area contributed by atoms with Crippen LogP contribution in [-0.2, 0) is 4.74 Å². The van der Waals surface area contributed by atoms with Gasteiger partial charge in [0.25, 0.3) is 0 Å². The number of rotatable bonds is 2. The summed E-state index contributed by atoms with van der Waals surface area (Å²) < 4.78 is 5.61. The van der Waals surface area contributed by atoms with Gasteiger partial charge in [0, 0.05) is 18.6 Å². The van der Waals surface area contributed by atoms with Crippen LogP contribution in [0.3, 0.4) is 0 Å². The monoisotopic (exact) mass is 241 g/mol. The smallest absolute Gasteiger partial charge is 0.145 e. The van der Waals surface area contributed by atoms with E-state index >= 15 is 0 Å². The van der Waals surface area contributed by atoms with Gasteiger partial charge in [0.1, 0.15) is 5.82 Å². The van der Waals surface area contributed by atoms with Crippen LogP contribution in [0.1, 0.15) is 12.8 Å². The van der Waals surface area contributed by atoms with Crippen molar-refractivity contribution in [3.63, 3.8) is 0 Å². The van der Waals surface area contributed by atoms with Crippen molar-refractivity contribution in [3.8, 4) is 0 Å². The second kappa shape index (κ2) is 3.92. The van der Waals surface area contributed by atoms with E-state index in [1.54, 1.807) is 0 Å². The Morgan fingerprint density at radius 2 is 2.11 bits per heavy atom. The summed E-state index contributed by atoms with van der Waals surface area (Å²) in [4.78, 5) is 9.02. The van der Waals surface area contributed by atoms with Gasteiger partial charge in [-0.1, -0.05) is 12.1 Å². The molecular formula is C14H15N3O. The Morgan fingerprint density at radius 3 is 3.00 bits per heavy atom. The fraction of sp³-hybridized carbons (Fsp3) is 0.429. The highest BCUT2D eigenvalue weighted by Crippen LogP contribution is 2.39. The zero-order valence-electron chi connectivity index (χ0n) is 10.0. The molecule has 4 heteroatoms. The van der Waals surface area contributed by atoms with Crippen LogP contribution in [0.25, 0.3) is 11.0 Å². The predicted molar refractivity (Wildman–Crippen MR) is 69.4 cm³/mol. The molecule has 0 bridgehead atoms. The minimum Gasteiger partial charge on any atom is -0.378 e. The van der Waals surface area contributed by atoms with Crippen molar-refractivity contribution >= 4 is 16.9 Å². The molecule has 1 N–H and O–H groups in total. The van der Waals surface area contributed by atoms with E-state index in [9.17, 15) is 0 Å². The summed E-state index contributed by atoms with van der Waals surface area (Å²) in [6.45, 7) is 0.914. The molecule has 4 rings (SSSR count). The summed E-state index contributed by atoms with van der Waals surface area (Å²) in [5.74, 6) is 1.54. The van der Waals surface area contributed by atoms with Gasteiger partial charge in [-0.3, -0.25) is 4.98 Å². The summed E-state index contributed by atoms with van der Waals surface area (Å²) in [7, 11) is 0. The van der Waals surface area contributed by atoms with E-state index in [2.05, 4.69) is 15.3 Å². The van der Waals surface area contributed by atoms with Gasteiger partial charge in [-0.15, -0.1) is 0 Å². The zero-order valence-corrected chi connectivity index (χ0v) is 10.0. The lowest BCUT2D eigenvalue weighted by molar-refractivity contribution is 0.0246. The Hall–Kier alpha value is -1.68. The molecule has 2 aromatic rings. The van der Waals surface area contributed by atoms with Crippen molar-refractivity contribution in [1.29, 1.82) is 0 Å². The molecule has 0 radical (unpaired) electrons. The van der Waals surface area contributed by atoms with Crippen molar-refractivity contribution in [2.45, 2.75) is 25.0 Å². The Balaban J connectivity index is 1.56. The van der Waals surface area contributed by atoms with Crippen LogP contribution in [0.2, 0.25) is 0 Å². The molecule has 1 saturated heterocycles. The number of aromatic nitrogens is 2. The average Bonchev–Trinajstić information content (AvgIpc) is 2.77.